The molecule has 2 atom stereocenters. The zero-order valence-corrected chi connectivity index (χ0v) is 12.8. The molecule has 0 radical (unpaired) electrons. The average molecular weight is 278 g/mol. The molecule has 4 nitrogen and oxygen atoms in total. The summed E-state index contributed by atoms with van der Waals surface area (Å²) in [5.74, 6) is 2.13. The van der Waals surface area contributed by atoms with E-state index in [2.05, 4.69) is 37.1 Å². The van der Waals surface area contributed by atoms with Crippen molar-refractivity contribution in [3.8, 4) is 0 Å². The largest absolute Gasteiger partial charge is 0.465 e. The SMILES string of the molecule is Cc1oc(CN2CC3CCC(C2)O3)cc1CNC(C)C. The molecule has 1 N–H and O–H groups in total. The van der Waals surface area contributed by atoms with Crippen molar-refractivity contribution in [2.75, 3.05) is 13.1 Å². The third-order valence-corrected chi connectivity index (χ3v) is 4.27. The van der Waals surface area contributed by atoms with Gasteiger partial charge in [0.15, 0.2) is 0 Å². The summed E-state index contributed by atoms with van der Waals surface area (Å²) in [4.78, 5) is 2.48. The van der Waals surface area contributed by atoms with E-state index in [0.717, 1.165) is 37.7 Å². The van der Waals surface area contributed by atoms with Crippen LogP contribution in [-0.4, -0.2) is 36.2 Å². The van der Waals surface area contributed by atoms with E-state index in [1.165, 1.54) is 18.4 Å². The summed E-state index contributed by atoms with van der Waals surface area (Å²) in [7, 11) is 0. The second-order valence-corrected chi connectivity index (χ2v) is 6.48. The first kappa shape index (κ1) is 14.1. The van der Waals surface area contributed by atoms with Crippen LogP contribution < -0.4 is 5.32 Å². The standard InChI is InChI=1S/C16H26N2O2/c1-11(2)17-7-13-6-16(19-12(13)3)10-18-8-14-4-5-15(9-18)20-14/h6,11,14-15,17H,4-5,7-10H2,1-3H3. The van der Waals surface area contributed by atoms with Gasteiger partial charge >= 0.3 is 0 Å². The van der Waals surface area contributed by atoms with Crippen molar-refractivity contribution in [1.82, 2.24) is 10.2 Å². The summed E-state index contributed by atoms with van der Waals surface area (Å²) >= 11 is 0. The fourth-order valence-electron chi connectivity index (χ4n) is 3.20. The monoisotopic (exact) mass is 278 g/mol. The van der Waals surface area contributed by atoms with Crippen molar-refractivity contribution in [1.29, 1.82) is 0 Å². The molecule has 2 aliphatic heterocycles. The molecule has 2 unspecified atom stereocenters. The molecule has 3 heterocycles. The van der Waals surface area contributed by atoms with Gasteiger partial charge in [-0.15, -0.1) is 0 Å². The van der Waals surface area contributed by atoms with Crippen molar-refractivity contribution in [3.05, 3.63) is 23.2 Å². The van der Waals surface area contributed by atoms with E-state index >= 15 is 0 Å². The molecule has 0 saturated carbocycles. The highest BCUT2D eigenvalue weighted by Crippen LogP contribution is 2.27. The summed E-state index contributed by atoms with van der Waals surface area (Å²) < 4.78 is 11.8. The molecule has 112 valence electrons. The van der Waals surface area contributed by atoms with Crippen LogP contribution in [0.4, 0.5) is 0 Å². The van der Waals surface area contributed by atoms with Crippen LogP contribution in [0.2, 0.25) is 0 Å². The minimum atomic E-state index is 0.451. The molecular formula is C16H26N2O2. The van der Waals surface area contributed by atoms with E-state index in [0.29, 0.717) is 18.2 Å². The number of ether oxygens (including phenoxy) is 1. The Hall–Kier alpha value is -0.840. The first-order chi connectivity index (χ1) is 9.60. The molecule has 0 aromatic carbocycles. The summed E-state index contributed by atoms with van der Waals surface area (Å²) in [6, 6.07) is 2.71. The molecule has 4 heteroatoms. The van der Waals surface area contributed by atoms with Crippen LogP contribution in [-0.2, 0) is 17.8 Å². The van der Waals surface area contributed by atoms with Gasteiger partial charge < -0.3 is 14.5 Å². The average Bonchev–Trinajstić information content (AvgIpc) is 2.90. The molecule has 0 aliphatic carbocycles. The fourth-order valence-corrected chi connectivity index (χ4v) is 3.20. The van der Waals surface area contributed by atoms with Crippen LogP contribution in [0, 0.1) is 6.92 Å². The van der Waals surface area contributed by atoms with Gasteiger partial charge in [-0.1, -0.05) is 13.8 Å². The highest BCUT2D eigenvalue weighted by molar-refractivity contribution is 5.20. The Kier molecular flexibility index (Phi) is 4.15. The number of fused-ring (bicyclic) bond motifs is 2. The molecule has 2 saturated heterocycles. The van der Waals surface area contributed by atoms with Crippen molar-refractivity contribution in [3.63, 3.8) is 0 Å². The Bertz CT molecular complexity index is 443. The Morgan fingerprint density at radius 2 is 2.00 bits per heavy atom. The number of likely N-dealkylation sites (tertiary alicyclic amines) is 1. The summed E-state index contributed by atoms with van der Waals surface area (Å²) in [6.07, 6.45) is 3.35. The van der Waals surface area contributed by atoms with Gasteiger partial charge in [-0.3, -0.25) is 4.90 Å². The van der Waals surface area contributed by atoms with Crippen molar-refractivity contribution in [2.24, 2.45) is 0 Å². The second kappa shape index (κ2) is 5.88. The summed E-state index contributed by atoms with van der Waals surface area (Å²) in [5, 5.41) is 3.45. The Morgan fingerprint density at radius 1 is 1.30 bits per heavy atom. The zero-order valence-electron chi connectivity index (χ0n) is 12.8. The van der Waals surface area contributed by atoms with E-state index in [9.17, 15) is 0 Å². The molecule has 2 fully saturated rings. The smallest absolute Gasteiger partial charge is 0.118 e. The van der Waals surface area contributed by atoms with Crippen molar-refractivity contribution >= 4 is 0 Å². The van der Waals surface area contributed by atoms with Crippen LogP contribution in [0.5, 0.6) is 0 Å². The Labute approximate surface area is 121 Å². The van der Waals surface area contributed by atoms with E-state index < -0.39 is 0 Å². The van der Waals surface area contributed by atoms with Crippen LogP contribution in [0.1, 0.15) is 43.8 Å². The third-order valence-electron chi connectivity index (χ3n) is 4.27. The molecule has 20 heavy (non-hydrogen) atoms. The molecule has 2 aliphatic rings. The van der Waals surface area contributed by atoms with E-state index in [4.69, 9.17) is 9.15 Å². The topological polar surface area (TPSA) is 37.6 Å². The molecule has 3 rings (SSSR count). The highest BCUT2D eigenvalue weighted by atomic mass is 16.5. The van der Waals surface area contributed by atoms with Gasteiger partial charge in [-0.05, 0) is 25.8 Å². The lowest BCUT2D eigenvalue weighted by molar-refractivity contribution is -0.0427. The predicted molar refractivity (Wildman–Crippen MR) is 78.6 cm³/mol. The molecule has 1 aromatic rings. The number of hydrogen-bond acceptors (Lipinski definition) is 4. The predicted octanol–water partition coefficient (Wildman–Crippen LogP) is 2.45. The molecule has 0 amide bonds. The van der Waals surface area contributed by atoms with Crippen molar-refractivity contribution < 1.29 is 9.15 Å². The van der Waals surface area contributed by atoms with Crippen LogP contribution in [0.3, 0.4) is 0 Å². The Balaban J connectivity index is 1.59. The van der Waals surface area contributed by atoms with Gasteiger partial charge in [0.2, 0.25) is 0 Å². The number of nitrogens with zero attached hydrogens (tertiary/aromatic N) is 1. The maximum absolute atomic E-state index is 5.92. The lowest BCUT2D eigenvalue weighted by atomic mass is 10.2. The maximum Gasteiger partial charge on any atom is 0.118 e. The van der Waals surface area contributed by atoms with Crippen molar-refractivity contribution in [2.45, 2.75) is 65.0 Å². The molecular weight excluding hydrogens is 252 g/mol. The minimum absolute atomic E-state index is 0.451. The number of aryl methyl sites for hydroxylation is 1. The Morgan fingerprint density at radius 3 is 2.65 bits per heavy atom. The second-order valence-electron chi connectivity index (χ2n) is 6.48. The maximum atomic E-state index is 5.92. The van der Waals surface area contributed by atoms with Gasteiger partial charge in [0.05, 0.1) is 18.8 Å². The quantitative estimate of drug-likeness (QED) is 0.898. The normalized spacial score (nSPS) is 26.6. The number of rotatable bonds is 5. The minimum Gasteiger partial charge on any atom is -0.465 e. The van der Waals surface area contributed by atoms with Gasteiger partial charge in [0, 0.05) is 31.2 Å². The van der Waals surface area contributed by atoms with Gasteiger partial charge in [0.1, 0.15) is 11.5 Å². The lowest BCUT2D eigenvalue weighted by Crippen LogP contribution is -2.41. The van der Waals surface area contributed by atoms with Gasteiger partial charge in [-0.2, -0.15) is 0 Å². The molecule has 0 spiro atoms. The van der Waals surface area contributed by atoms with E-state index in [-0.39, 0.29) is 0 Å². The van der Waals surface area contributed by atoms with Crippen LogP contribution in [0.25, 0.3) is 0 Å². The van der Waals surface area contributed by atoms with E-state index in [1.807, 2.05) is 0 Å². The summed E-state index contributed by atoms with van der Waals surface area (Å²) in [5.41, 5.74) is 1.28. The summed E-state index contributed by atoms with van der Waals surface area (Å²) in [6.45, 7) is 10.3. The number of morpholine rings is 1. The van der Waals surface area contributed by atoms with Gasteiger partial charge in [-0.25, -0.2) is 0 Å². The third kappa shape index (κ3) is 3.25. The molecule has 2 bridgehead atoms. The molecule has 1 aromatic heterocycles. The first-order valence-corrected chi connectivity index (χ1v) is 7.79. The number of nitrogens with one attached hydrogen (secondary N) is 1. The number of hydrogen-bond donors (Lipinski definition) is 1. The van der Waals surface area contributed by atoms with Gasteiger partial charge in [0.25, 0.3) is 0 Å². The fraction of sp³-hybridized carbons (Fsp3) is 0.750. The van der Waals surface area contributed by atoms with Crippen LogP contribution in [0.15, 0.2) is 10.5 Å². The van der Waals surface area contributed by atoms with Crippen LogP contribution >= 0.6 is 0 Å². The lowest BCUT2D eigenvalue weighted by Gasteiger charge is -2.31. The highest BCUT2D eigenvalue weighted by Gasteiger charge is 2.33. The number of furan rings is 1. The van der Waals surface area contributed by atoms with E-state index in [1.54, 1.807) is 0 Å². The zero-order chi connectivity index (χ0) is 14.1. The first-order valence-electron chi connectivity index (χ1n) is 7.79.